The molecule has 0 fully saturated rings. The molecule has 0 atom stereocenters. The summed E-state index contributed by atoms with van der Waals surface area (Å²) in [6.45, 7) is 2.82. The number of carbonyl (C=O) groups is 1. The van der Waals surface area contributed by atoms with E-state index in [2.05, 4.69) is 10.3 Å². The number of aryl methyl sites for hydroxylation is 1. The molecule has 0 unspecified atom stereocenters. The van der Waals surface area contributed by atoms with Gasteiger partial charge in [0.15, 0.2) is 5.69 Å². The van der Waals surface area contributed by atoms with E-state index in [4.69, 9.17) is 4.74 Å². The molecule has 2 aromatic rings. The zero-order chi connectivity index (χ0) is 14.4. The largest absolute Gasteiger partial charge is 0.456 e. The predicted molar refractivity (Wildman–Crippen MR) is 78.7 cm³/mol. The third-order valence-electron chi connectivity index (χ3n) is 2.90. The van der Waals surface area contributed by atoms with Crippen molar-refractivity contribution >= 4 is 17.7 Å². The number of rotatable bonds is 6. The van der Waals surface area contributed by atoms with E-state index >= 15 is 0 Å². The summed E-state index contributed by atoms with van der Waals surface area (Å²) in [5, 5.41) is 7.89. The molecular weight excluding hydrogens is 274 g/mol. The van der Waals surface area contributed by atoms with E-state index in [9.17, 15) is 4.79 Å². The van der Waals surface area contributed by atoms with E-state index < -0.39 is 5.97 Å². The third kappa shape index (κ3) is 3.60. The van der Waals surface area contributed by atoms with Gasteiger partial charge >= 0.3 is 5.97 Å². The summed E-state index contributed by atoms with van der Waals surface area (Å²) in [6, 6.07) is 9.57. The molecule has 0 aliphatic rings. The predicted octanol–water partition coefficient (Wildman–Crippen LogP) is 2.31. The van der Waals surface area contributed by atoms with Crippen LogP contribution in [-0.4, -0.2) is 33.0 Å². The molecule has 20 heavy (non-hydrogen) atoms. The lowest BCUT2D eigenvalue weighted by atomic mass is 10.2. The second-order valence-corrected chi connectivity index (χ2v) is 5.29. The van der Waals surface area contributed by atoms with Crippen molar-refractivity contribution in [3.05, 3.63) is 47.3 Å². The van der Waals surface area contributed by atoms with Gasteiger partial charge in [0.1, 0.15) is 6.61 Å². The molecule has 5 nitrogen and oxygen atoms in total. The van der Waals surface area contributed by atoms with Gasteiger partial charge in [-0.15, -0.1) is 5.10 Å². The van der Waals surface area contributed by atoms with Gasteiger partial charge < -0.3 is 4.74 Å². The van der Waals surface area contributed by atoms with Crippen LogP contribution in [0.4, 0.5) is 0 Å². The highest BCUT2D eigenvalue weighted by atomic mass is 32.2. The lowest BCUT2D eigenvalue weighted by Crippen LogP contribution is -2.09. The van der Waals surface area contributed by atoms with Crippen LogP contribution in [0.25, 0.3) is 0 Å². The molecule has 106 valence electrons. The van der Waals surface area contributed by atoms with Crippen LogP contribution < -0.4 is 0 Å². The Hall–Kier alpha value is -1.82. The quantitative estimate of drug-likeness (QED) is 0.764. The Morgan fingerprint density at radius 2 is 2.10 bits per heavy atom. The van der Waals surface area contributed by atoms with Gasteiger partial charge in [-0.05, 0) is 18.7 Å². The van der Waals surface area contributed by atoms with Crippen molar-refractivity contribution in [2.24, 2.45) is 0 Å². The summed E-state index contributed by atoms with van der Waals surface area (Å²) in [6.07, 6.45) is 2.03. The van der Waals surface area contributed by atoms with Crippen molar-refractivity contribution in [3.63, 3.8) is 0 Å². The van der Waals surface area contributed by atoms with Gasteiger partial charge in [-0.2, -0.15) is 11.8 Å². The number of hydrogen-bond acceptors (Lipinski definition) is 5. The molecular formula is C14H17N3O2S. The smallest absolute Gasteiger partial charge is 0.361 e. The average molecular weight is 291 g/mol. The highest BCUT2D eigenvalue weighted by Crippen LogP contribution is 2.09. The molecule has 0 bridgehead atoms. The summed E-state index contributed by atoms with van der Waals surface area (Å²) in [5.74, 6) is 0.504. The molecule has 0 saturated heterocycles. The van der Waals surface area contributed by atoms with Crippen LogP contribution in [0, 0.1) is 6.92 Å². The second-order valence-electron chi connectivity index (χ2n) is 4.30. The molecule has 0 spiro atoms. The van der Waals surface area contributed by atoms with E-state index in [0.29, 0.717) is 5.69 Å². The van der Waals surface area contributed by atoms with Crippen LogP contribution >= 0.6 is 11.8 Å². The molecule has 0 aliphatic heterocycles. The Kier molecular flexibility index (Phi) is 5.17. The molecule has 0 radical (unpaired) electrons. The lowest BCUT2D eigenvalue weighted by Gasteiger charge is -2.04. The first-order chi connectivity index (χ1) is 9.72. The van der Waals surface area contributed by atoms with E-state index in [0.717, 1.165) is 23.6 Å². The van der Waals surface area contributed by atoms with Crippen molar-refractivity contribution in [1.29, 1.82) is 0 Å². The number of esters is 1. The Labute approximate surface area is 122 Å². The summed E-state index contributed by atoms with van der Waals surface area (Å²) >= 11 is 1.73. The van der Waals surface area contributed by atoms with Gasteiger partial charge in [0.05, 0.1) is 12.2 Å². The molecule has 0 amide bonds. The Bertz CT molecular complexity index is 569. The topological polar surface area (TPSA) is 57.0 Å². The third-order valence-corrected chi connectivity index (χ3v) is 3.49. The number of hydrogen-bond donors (Lipinski definition) is 0. The number of aromatic nitrogens is 3. The van der Waals surface area contributed by atoms with Crippen LogP contribution in [0.15, 0.2) is 30.3 Å². The van der Waals surface area contributed by atoms with Gasteiger partial charge in [0.25, 0.3) is 0 Å². The fourth-order valence-corrected chi connectivity index (χ4v) is 2.09. The van der Waals surface area contributed by atoms with Crippen molar-refractivity contribution in [1.82, 2.24) is 15.0 Å². The van der Waals surface area contributed by atoms with E-state index in [1.54, 1.807) is 16.4 Å². The van der Waals surface area contributed by atoms with E-state index in [-0.39, 0.29) is 6.61 Å². The molecule has 0 saturated carbocycles. The minimum atomic E-state index is -0.429. The number of ether oxygens (including phenoxy) is 1. The fraction of sp³-hybridized carbons (Fsp3) is 0.357. The van der Waals surface area contributed by atoms with Gasteiger partial charge in [-0.25, -0.2) is 9.48 Å². The number of nitrogens with zero attached hydrogens (tertiary/aromatic N) is 3. The number of thioether (sulfide) groups is 1. The normalized spacial score (nSPS) is 10.5. The first kappa shape index (κ1) is 14.6. The summed E-state index contributed by atoms with van der Waals surface area (Å²) in [4.78, 5) is 12.0. The minimum Gasteiger partial charge on any atom is -0.456 e. The SMILES string of the molecule is CSCCn1nnc(C(=O)OCc2ccccc2)c1C. The molecule has 1 heterocycles. The van der Waals surface area contributed by atoms with Crippen LogP contribution in [0.5, 0.6) is 0 Å². The van der Waals surface area contributed by atoms with Crippen LogP contribution in [0.1, 0.15) is 21.7 Å². The maximum absolute atomic E-state index is 12.0. The molecule has 2 rings (SSSR count). The van der Waals surface area contributed by atoms with Crippen LogP contribution in [-0.2, 0) is 17.9 Å². The molecule has 1 aromatic carbocycles. The van der Waals surface area contributed by atoms with Crippen LogP contribution in [0.2, 0.25) is 0 Å². The molecule has 6 heteroatoms. The monoisotopic (exact) mass is 291 g/mol. The summed E-state index contributed by atoms with van der Waals surface area (Å²) in [5.41, 5.74) is 1.99. The average Bonchev–Trinajstić information content (AvgIpc) is 2.85. The molecule has 1 aromatic heterocycles. The second kappa shape index (κ2) is 7.09. The Balaban J connectivity index is 1.97. The van der Waals surface area contributed by atoms with E-state index in [1.165, 1.54) is 0 Å². The minimum absolute atomic E-state index is 0.247. The van der Waals surface area contributed by atoms with Crippen molar-refractivity contribution < 1.29 is 9.53 Å². The van der Waals surface area contributed by atoms with Gasteiger partial charge in [0, 0.05) is 5.75 Å². The van der Waals surface area contributed by atoms with Crippen LogP contribution in [0.3, 0.4) is 0 Å². The van der Waals surface area contributed by atoms with Crippen molar-refractivity contribution in [2.75, 3.05) is 12.0 Å². The zero-order valence-electron chi connectivity index (χ0n) is 11.6. The van der Waals surface area contributed by atoms with Gasteiger partial charge in [-0.1, -0.05) is 35.5 Å². The fourth-order valence-electron chi connectivity index (χ4n) is 1.73. The highest BCUT2D eigenvalue weighted by Gasteiger charge is 2.17. The Morgan fingerprint density at radius 1 is 1.35 bits per heavy atom. The molecule has 0 aliphatic carbocycles. The van der Waals surface area contributed by atoms with Crippen molar-refractivity contribution in [2.45, 2.75) is 20.1 Å². The lowest BCUT2D eigenvalue weighted by molar-refractivity contribution is 0.0464. The first-order valence-electron chi connectivity index (χ1n) is 6.32. The number of carbonyl (C=O) groups excluding carboxylic acids is 1. The van der Waals surface area contributed by atoms with Gasteiger partial charge in [0.2, 0.25) is 0 Å². The summed E-state index contributed by atoms with van der Waals surface area (Å²) in [7, 11) is 0. The zero-order valence-corrected chi connectivity index (χ0v) is 12.4. The summed E-state index contributed by atoms with van der Waals surface area (Å²) < 4.78 is 6.98. The van der Waals surface area contributed by atoms with E-state index in [1.807, 2.05) is 43.5 Å². The maximum atomic E-state index is 12.0. The standard InChI is InChI=1S/C14H17N3O2S/c1-11-13(15-16-17(11)8-9-20-2)14(18)19-10-12-6-4-3-5-7-12/h3-7H,8-10H2,1-2H3. The van der Waals surface area contributed by atoms with Gasteiger partial charge in [-0.3, -0.25) is 0 Å². The number of benzene rings is 1. The van der Waals surface area contributed by atoms with Crippen molar-refractivity contribution in [3.8, 4) is 0 Å². The Morgan fingerprint density at radius 3 is 2.80 bits per heavy atom. The first-order valence-corrected chi connectivity index (χ1v) is 7.72. The maximum Gasteiger partial charge on any atom is 0.361 e. The molecule has 0 N–H and O–H groups in total. The highest BCUT2D eigenvalue weighted by molar-refractivity contribution is 7.98.